The van der Waals surface area contributed by atoms with E-state index in [1.165, 1.54) is 5.56 Å². The summed E-state index contributed by atoms with van der Waals surface area (Å²) in [6, 6.07) is 7.79. The molecule has 0 heterocycles. The molecule has 0 radical (unpaired) electrons. The van der Waals surface area contributed by atoms with E-state index in [9.17, 15) is 0 Å². The van der Waals surface area contributed by atoms with Crippen molar-refractivity contribution in [3.63, 3.8) is 0 Å². The van der Waals surface area contributed by atoms with Gasteiger partial charge in [0, 0.05) is 5.69 Å². The third-order valence-corrected chi connectivity index (χ3v) is 1.08. The standard InChI is InChI=1S/C7H9N.H3N/c1-6-2-4-7(8)5-3-6;/h2-5H,8H2,1H3;1H3. The molecule has 0 aromatic heterocycles. The molecule has 0 fully saturated rings. The molecule has 1 aromatic rings. The number of aryl methyl sites for hydroxylation is 1. The van der Waals surface area contributed by atoms with Crippen LogP contribution in [0.25, 0.3) is 0 Å². The molecule has 0 aliphatic rings. The predicted molar refractivity (Wildman–Crippen MR) is 40.6 cm³/mol. The number of rotatable bonds is 0. The van der Waals surface area contributed by atoms with Crippen LogP contribution in [0.5, 0.6) is 0 Å². The van der Waals surface area contributed by atoms with Crippen molar-refractivity contribution >= 4 is 5.69 Å². The normalized spacial score (nSPS) is 8.11. The molecule has 0 atom stereocenters. The maximum atomic E-state index is 5.43. The topological polar surface area (TPSA) is 61.0 Å². The summed E-state index contributed by atoms with van der Waals surface area (Å²) in [7, 11) is 0. The molecular formula is C7H12N2. The van der Waals surface area contributed by atoms with E-state index in [-0.39, 0.29) is 6.15 Å². The molecule has 0 amide bonds. The highest BCUT2D eigenvalue weighted by atomic mass is 14.5. The zero-order valence-corrected chi connectivity index (χ0v) is 5.59. The zero-order chi connectivity index (χ0) is 5.98. The quantitative estimate of drug-likeness (QED) is 0.517. The van der Waals surface area contributed by atoms with Crippen molar-refractivity contribution in [2.75, 3.05) is 5.73 Å². The lowest BCUT2D eigenvalue weighted by Crippen LogP contribution is -1.81. The van der Waals surface area contributed by atoms with Crippen molar-refractivity contribution in [1.29, 1.82) is 0 Å². The average Bonchev–Trinajstić information content (AvgIpc) is 1.77. The molecule has 0 spiro atoms. The van der Waals surface area contributed by atoms with E-state index in [4.69, 9.17) is 5.73 Å². The highest BCUT2D eigenvalue weighted by Gasteiger charge is 1.80. The van der Waals surface area contributed by atoms with E-state index >= 15 is 0 Å². The summed E-state index contributed by atoms with van der Waals surface area (Å²) in [5.74, 6) is 0. The molecule has 0 saturated heterocycles. The van der Waals surface area contributed by atoms with Gasteiger partial charge in [0.1, 0.15) is 0 Å². The Bertz CT molecular complexity index is 146. The van der Waals surface area contributed by atoms with E-state index in [1.807, 2.05) is 31.2 Å². The van der Waals surface area contributed by atoms with Crippen LogP contribution >= 0.6 is 0 Å². The first-order valence-electron chi connectivity index (χ1n) is 2.61. The molecule has 9 heavy (non-hydrogen) atoms. The first-order chi connectivity index (χ1) is 3.79. The van der Waals surface area contributed by atoms with Gasteiger partial charge in [0.05, 0.1) is 0 Å². The van der Waals surface area contributed by atoms with Crippen LogP contribution in [0.1, 0.15) is 5.56 Å². The molecule has 0 aliphatic carbocycles. The lowest BCUT2D eigenvalue weighted by atomic mass is 10.2. The summed E-state index contributed by atoms with van der Waals surface area (Å²) in [5, 5.41) is 0. The molecular weight excluding hydrogens is 112 g/mol. The Hall–Kier alpha value is -1.02. The van der Waals surface area contributed by atoms with Crippen LogP contribution in [-0.2, 0) is 0 Å². The van der Waals surface area contributed by atoms with Crippen LogP contribution in [0, 0.1) is 6.92 Å². The Morgan fingerprint density at radius 2 is 1.56 bits per heavy atom. The third-order valence-electron chi connectivity index (χ3n) is 1.08. The van der Waals surface area contributed by atoms with Gasteiger partial charge in [-0.1, -0.05) is 17.7 Å². The number of hydrogen-bond donors (Lipinski definition) is 2. The molecule has 2 heteroatoms. The molecule has 1 rings (SSSR count). The van der Waals surface area contributed by atoms with Crippen LogP contribution in [0.15, 0.2) is 24.3 Å². The number of nitrogens with two attached hydrogens (primary N) is 1. The lowest BCUT2D eigenvalue weighted by Gasteiger charge is -1.90. The summed E-state index contributed by atoms with van der Waals surface area (Å²) in [6.07, 6.45) is 0. The number of benzene rings is 1. The fraction of sp³-hybridized carbons (Fsp3) is 0.143. The van der Waals surface area contributed by atoms with Gasteiger partial charge in [0.15, 0.2) is 0 Å². The summed E-state index contributed by atoms with van der Waals surface area (Å²) < 4.78 is 0. The van der Waals surface area contributed by atoms with Crippen LogP contribution in [-0.4, -0.2) is 0 Å². The Labute approximate surface area is 55.3 Å². The van der Waals surface area contributed by atoms with E-state index in [0.29, 0.717) is 0 Å². The fourth-order valence-electron chi connectivity index (χ4n) is 0.566. The van der Waals surface area contributed by atoms with Gasteiger partial charge in [-0.2, -0.15) is 0 Å². The summed E-state index contributed by atoms with van der Waals surface area (Å²) >= 11 is 0. The number of nitrogen functional groups attached to an aromatic ring is 1. The van der Waals surface area contributed by atoms with Crippen LogP contribution in [0.2, 0.25) is 0 Å². The SMILES string of the molecule is Cc1ccc(N)cc1.N. The Morgan fingerprint density at radius 1 is 1.11 bits per heavy atom. The van der Waals surface area contributed by atoms with Crippen LogP contribution < -0.4 is 11.9 Å². The molecule has 0 bridgehead atoms. The lowest BCUT2D eigenvalue weighted by molar-refractivity contribution is 1.47. The van der Waals surface area contributed by atoms with Crippen molar-refractivity contribution < 1.29 is 0 Å². The molecule has 5 N–H and O–H groups in total. The summed E-state index contributed by atoms with van der Waals surface area (Å²) in [6.45, 7) is 2.04. The van der Waals surface area contributed by atoms with E-state index in [0.717, 1.165) is 5.69 Å². The Balaban J connectivity index is 0.000000640. The first kappa shape index (κ1) is 7.98. The minimum Gasteiger partial charge on any atom is -0.399 e. The third kappa shape index (κ3) is 2.15. The second-order valence-electron chi connectivity index (χ2n) is 1.91. The fourth-order valence-corrected chi connectivity index (χ4v) is 0.566. The minimum absolute atomic E-state index is 0. The van der Waals surface area contributed by atoms with Gasteiger partial charge in [0.25, 0.3) is 0 Å². The Kier molecular flexibility index (Phi) is 2.74. The molecule has 0 aliphatic heterocycles. The average molecular weight is 124 g/mol. The first-order valence-corrected chi connectivity index (χ1v) is 2.61. The second-order valence-corrected chi connectivity index (χ2v) is 1.91. The van der Waals surface area contributed by atoms with E-state index < -0.39 is 0 Å². The van der Waals surface area contributed by atoms with Gasteiger partial charge in [-0.05, 0) is 19.1 Å². The van der Waals surface area contributed by atoms with Crippen molar-refractivity contribution in [3.05, 3.63) is 29.8 Å². The predicted octanol–water partition coefficient (Wildman–Crippen LogP) is 1.74. The maximum Gasteiger partial charge on any atom is 0.0314 e. The largest absolute Gasteiger partial charge is 0.399 e. The van der Waals surface area contributed by atoms with Gasteiger partial charge in [0.2, 0.25) is 0 Å². The highest BCUT2D eigenvalue weighted by Crippen LogP contribution is 2.02. The number of anilines is 1. The van der Waals surface area contributed by atoms with Crippen molar-refractivity contribution in [3.8, 4) is 0 Å². The number of hydrogen-bond acceptors (Lipinski definition) is 2. The van der Waals surface area contributed by atoms with Crippen LogP contribution in [0.3, 0.4) is 0 Å². The zero-order valence-electron chi connectivity index (χ0n) is 5.59. The van der Waals surface area contributed by atoms with Crippen molar-refractivity contribution in [1.82, 2.24) is 6.15 Å². The minimum atomic E-state index is 0. The molecule has 0 unspecified atom stereocenters. The van der Waals surface area contributed by atoms with Gasteiger partial charge in [-0.3, -0.25) is 0 Å². The van der Waals surface area contributed by atoms with Gasteiger partial charge in [-0.25, -0.2) is 0 Å². The monoisotopic (exact) mass is 124 g/mol. The van der Waals surface area contributed by atoms with Crippen LogP contribution in [0.4, 0.5) is 5.69 Å². The van der Waals surface area contributed by atoms with Gasteiger partial charge < -0.3 is 11.9 Å². The maximum absolute atomic E-state index is 5.43. The molecule has 50 valence electrons. The van der Waals surface area contributed by atoms with Crippen molar-refractivity contribution in [2.45, 2.75) is 6.92 Å². The van der Waals surface area contributed by atoms with E-state index in [1.54, 1.807) is 0 Å². The van der Waals surface area contributed by atoms with Gasteiger partial charge in [-0.15, -0.1) is 0 Å². The smallest absolute Gasteiger partial charge is 0.0314 e. The second kappa shape index (κ2) is 3.10. The molecule has 0 saturated carbocycles. The molecule has 2 nitrogen and oxygen atoms in total. The summed E-state index contributed by atoms with van der Waals surface area (Å²) in [5.41, 5.74) is 7.51. The molecule has 1 aromatic carbocycles. The highest BCUT2D eigenvalue weighted by molar-refractivity contribution is 5.38. The van der Waals surface area contributed by atoms with Gasteiger partial charge >= 0.3 is 0 Å². The van der Waals surface area contributed by atoms with E-state index in [2.05, 4.69) is 0 Å². The summed E-state index contributed by atoms with van der Waals surface area (Å²) in [4.78, 5) is 0. The van der Waals surface area contributed by atoms with Crippen molar-refractivity contribution in [2.24, 2.45) is 0 Å². The Morgan fingerprint density at radius 3 is 1.89 bits per heavy atom.